The number of rotatable bonds is 13. The Morgan fingerprint density at radius 2 is 1.45 bits per heavy atom. The van der Waals surface area contributed by atoms with Crippen LogP contribution in [0.2, 0.25) is 0 Å². The van der Waals surface area contributed by atoms with Crippen molar-refractivity contribution in [3.63, 3.8) is 0 Å². The maximum atomic E-state index is 12.3. The fourth-order valence-electron chi connectivity index (χ4n) is 5.42. The fourth-order valence-corrected chi connectivity index (χ4v) is 5.42. The molecule has 2 aliphatic rings. The van der Waals surface area contributed by atoms with Crippen LogP contribution in [0, 0.1) is 17.8 Å². The van der Waals surface area contributed by atoms with E-state index in [0.717, 1.165) is 43.5 Å². The molecule has 1 heterocycles. The monoisotopic (exact) mass is 458 g/mol. The van der Waals surface area contributed by atoms with E-state index in [1.165, 1.54) is 70.6 Å². The van der Waals surface area contributed by atoms with Crippen LogP contribution in [0.1, 0.15) is 120 Å². The zero-order valence-corrected chi connectivity index (χ0v) is 21.1. The van der Waals surface area contributed by atoms with Gasteiger partial charge in [-0.25, -0.2) is 4.79 Å². The molecule has 1 aromatic rings. The number of carbonyl (C=O) groups excluding carboxylic acids is 1. The van der Waals surface area contributed by atoms with E-state index in [2.05, 4.69) is 13.8 Å². The van der Waals surface area contributed by atoms with Gasteiger partial charge in [-0.2, -0.15) is 0 Å². The Kier molecular flexibility index (Phi) is 11.7. The van der Waals surface area contributed by atoms with E-state index >= 15 is 0 Å². The Bertz CT molecular complexity index is 655. The van der Waals surface area contributed by atoms with Gasteiger partial charge in [-0.15, -0.1) is 0 Å². The molecule has 0 radical (unpaired) electrons. The molecule has 0 amide bonds. The SMILES string of the molecule is CCCCCCCCCOC(=O)c1ccc(C2OCC(C3CCC(CCC)CC3)CO2)cc1. The molecule has 1 saturated heterocycles. The molecule has 0 bridgehead atoms. The molecule has 0 unspecified atom stereocenters. The fraction of sp³-hybridized carbons (Fsp3) is 0.759. The van der Waals surface area contributed by atoms with Gasteiger partial charge in [0.05, 0.1) is 25.4 Å². The normalized spacial score (nSPS) is 25.6. The van der Waals surface area contributed by atoms with Gasteiger partial charge in [-0.1, -0.05) is 90.2 Å². The molecule has 186 valence electrons. The van der Waals surface area contributed by atoms with E-state index < -0.39 is 0 Å². The number of ether oxygens (including phenoxy) is 3. The second kappa shape index (κ2) is 14.8. The predicted molar refractivity (Wildman–Crippen MR) is 133 cm³/mol. The molecule has 3 rings (SSSR count). The molecule has 1 aromatic carbocycles. The zero-order valence-electron chi connectivity index (χ0n) is 21.1. The minimum absolute atomic E-state index is 0.239. The van der Waals surface area contributed by atoms with Crippen LogP contribution in [0.3, 0.4) is 0 Å². The predicted octanol–water partition coefficient (Wildman–Crippen LogP) is 7.86. The maximum absolute atomic E-state index is 12.3. The van der Waals surface area contributed by atoms with Crippen molar-refractivity contribution in [2.45, 2.75) is 104 Å². The lowest BCUT2D eigenvalue weighted by atomic mass is 9.75. The summed E-state index contributed by atoms with van der Waals surface area (Å²) in [4.78, 5) is 12.3. The largest absolute Gasteiger partial charge is 0.462 e. The smallest absolute Gasteiger partial charge is 0.338 e. The minimum Gasteiger partial charge on any atom is -0.462 e. The summed E-state index contributed by atoms with van der Waals surface area (Å²) in [5.74, 6) is 1.96. The average molecular weight is 459 g/mol. The van der Waals surface area contributed by atoms with Crippen molar-refractivity contribution in [1.82, 2.24) is 0 Å². The Labute approximate surface area is 201 Å². The molecule has 0 N–H and O–H groups in total. The number of carbonyl (C=O) groups is 1. The molecule has 33 heavy (non-hydrogen) atoms. The van der Waals surface area contributed by atoms with Crippen molar-refractivity contribution >= 4 is 5.97 Å². The molecule has 1 aliphatic heterocycles. The van der Waals surface area contributed by atoms with Gasteiger partial charge >= 0.3 is 5.97 Å². The van der Waals surface area contributed by atoms with Gasteiger partial charge in [0.2, 0.25) is 0 Å². The first-order valence-corrected chi connectivity index (χ1v) is 13.7. The van der Waals surface area contributed by atoms with Gasteiger partial charge in [0.25, 0.3) is 0 Å². The number of hydrogen-bond donors (Lipinski definition) is 0. The first-order valence-electron chi connectivity index (χ1n) is 13.7. The summed E-state index contributed by atoms with van der Waals surface area (Å²) in [6, 6.07) is 7.53. The molecule has 1 aliphatic carbocycles. The van der Waals surface area contributed by atoms with Crippen molar-refractivity contribution in [3.05, 3.63) is 35.4 Å². The molecule has 0 spiro atoms. The highest BCUT2D eigenvalue weighted by Gasteiger charge is 2.32. The molecule has 1 saturated carbocycles. The molecule has 2 fully saturated rings. The van der Waals surface area contributed by atoms with Crippen molar-refractivity contribution < 1.29 is 19.0 Å². The minimum atomic E-state index is -0.324. The standard InChI is InChI=1S/C29H46O4/c1-3-5-6-7-8-9-10-20-31-28(30)25-16-18-26(19-17-25)29-32-21-27(22-33-29)24-14-12-23(11-4-2)13-15-24/h16-19,23-24,27,29H,3-15,20-22H2,1-2H3. The molecular weight excluding hydrogens is 412 g/mol. The van der Waals surface area contributed by atoms with Crippen LogP contribution in [-0.4, -0.2) is 25.8 Å². The van der Waals surface area contributed by atoms with Gasteiger partial charge in [0.15, 0.2) is 6.29 Å². The highest BCUT2D eigenvalue weighted by molar-refractivity contribution is 5.89. The van der Waals surface area contributed by atoms with Crippen molar-refractivity contribution in [2.24, 2.45) is 17.8 Å². The second-order valence-corrected chi connectivity index (χ2v) is 10.2. The Morgan fingerprint density at radius 1 is 0.818 bits per heavy atom. The van der Waals surface area contributed by atoms with E-state index in [4.69, 9.17) is 14.2 Å². The highest BCUT2D eigenvalue weighted by Crippen LogP contribution is 2.38. The lowest BCUT2D eigenvalue weighted by Crippen LogP contribution is -2.34. The van der Waals surface area contributed by atoms with Crippen LogP contribution in [0.4, 0.5) is 0 Å². The van der Waals surface area contributed by atoms with Crippen molar-refractivity contribution in [1.29, 1.82) is 0 Å². The third kappa shape index (κ3) is 8.72. The average Bonchev–Trinajstić information content (AvgIpc) is 2.86. The van der Waals surface area contributed by atoms with E-state index in [1.54, 1.807) is 0 Å². The van der Waals surface area contributed by atoms with Crippen molar-refractivity contribution in [2.75, 3.05) is 19.8 Å². The van der Waals surface area contributed by atoms with Gasteiger partial charge in [0.1, 0.15) is 0 Å². The summed E-state index contributed by atoms with van der Waals surface area (Å²) < 4.78 is 17.6. The summed E-state index contributed by atoms with van der Waals surface area (Å²) in [5.41, 5.74) is 1.57. The first kappa shape index (κ1) is 26.2. The topological polar surface area (TPSA) is 44.8 Å². The molecule has 0 atom stereocenters. The van der Waals surface area contributed by atoms with Crippen LogP contribution < -0.4 is 0 Å². The van der Waals surface area contributed by atoms with E-state index in [1.807, 2.05) is 24.3 Å². The quantitative estimate of drug-likeness (QED) is 0.223. The van der Waals surface area contributed by atoms with E-state index in [0.29, 0.717) is 18.1 Å². The molecule has 0 aromatic heterocycles. The summed E-state index contributed by atoms with van der Waals surface area (Å²) >= 11 is 0. The Hall–Kier alpha value is -1.39. The number of hydrogen-bond acceptors (Lipinski definition) is 4. The molecule has 4 nitrogen and oxygen atoms in total. The lowest BCUT2D eigenvalue weighted by Gasteiger charge is -2.37. The number of unbranched alkanes of at least 4 members (excludes halogenated alkanes) is 6. The first-order chi connectivity index (χ1) is 16.2. The number of esters is 1. The highest BCUT2D eigenvalue weighted by atomic mass is 16.7. The van der Waals surface area contributed by atoms with Crippen LogP contribution in [0.25, 0.3) is 0 Å². The van der Waals surface area contributed by atoms with Gasteiger partial charge in [0, 0.05) is 11.5 Å². The lowest BCUT2D eigenvalue weighted by molar-refractivity contribution is -0.214. The summed E-state index contributed by atoms with van der Waals surface area (Å²) in [5, 5.41) is 0. The molecule has 4 heteroatoms. The summed E-state index contributed by atoms with van der Waals surface area (Å²) in [7, 11) is 0. The third-order valence-electron chi connectivity index (χ3n) is 7.58. The van der Waals surface area contributed by atoms with Crippen LogP contribution in [0.5, 0.6) is 0 Å². The Balaban J connectivity index is 1.33. The van der Waals surface area contributed by atoms with Gasteiger partial charge in [-0.05, 0) is 43.2 Å². The maximum Gasteiger partial charge on any atom is 0.338 e. The third-order valence-corrected chi connectivity index (χ3v) is 7.58. The van der Waals surface area contributed by atoms with Gasteiger partial charge in [-0.3, -0.25) is 0 Å². The zero-order chi connectivity index (χ0) is 23.3. The van der Waals surface area contributed by atoms with Gasteiger partial charge < -0.3 is 14.2 Å². The Morgan fingerprint density at radius 3 is 2.09 bits per heavy atom. The van der Waals surface area contributed by atoms with E-state index in [-0.39, 0.29) is 12.3 Å². The van der Waals surface area contributed by atoms with Crippen LogP contribution in [0.15, 0.2) is 24.3 Å². The summed E-state index contributed by atoms with van der Waals surface area (Å²) in [6.45, 7) is 6.58. The second-order valence-electron chi connectivity index (χ2n) is 10.2. The van der Waals surface area contributed by atoms with Crippen LogP contribution >= 0.6 is 0 Å². The summed E-state index contributed by atoms with van der Waals surface area (Å²) in [6.07, 6.45) is 16.3. The van der Waals surface area contributed by atoms with Crippen LogP contribution in [-0.2, 0) is 14.2 Å². The number of benzene rings is 1. The van der Waals surface area contributed by atoms with E-state index in [9.17, 15) is 4.79 Å². The van der Waals surface area contributed by atoms with Crippen molar-refractivity contribution in [3.8, 4) is 0 Å². The molecular formula is C29H46O4.